The summed E-state index contributed by atoms with van der Waals surface area (Å²) >= 11 is 0. The quantitative estimate of drug-likeness (QED) is 0.768. The molecule has 2 atom stereocenters. The average Bonchev–Trinajstić information content (AvgIpc) is 2.53. The molecular formula is C17H24FN2O3+. The summed E-state index contributed by atoms with van der Waals surface area (Å²) in [6.45, 7) is 4.55. The molecule has 0 saturated carbocycles. The van der Waals surface area contributed by atoms with Crippen molar-refractivity contribution in [2.24, 2.45) is 5.92 Å². The Kier molecular flexibility index (Phi) is 6.52. The number of piperidine rings is 1. The van der Waals surface area contributed by atoms with Gasteiger partial charge >= 0.3 is 5.97 Å². The number of quaternary nitrogens is 1. The maximum atomic E-state index is 13.1. The highest BCUT2D eigenvalue weighted by atomic mass is 19.1. The second-order valence-corrected chi connectivity index (χ2v) is 5.85. The molecule has 1 aliphatic rings. The van der Waals surface area contributed by atoms with Crippen LogP contribution in [-0.4, -0.2) is 38.1 Å². The Labute approximate surface area is 135 Å². The second kappa shape index (κ2) is 8.62. The summed E-state index contributed by atoms with van der Waals surface area (Å²) in [6.07, 6.45) is 2.17. The topological polar surface area (TPSA) is 59.8 Å². The molecule has 2 N–H and O–H groups in total. The van der Waals surface area contributed by atoms with Gasteiger partial charge in [-0.05, 0) is 38.0 Å². The van der Waals surface area contributed by atoms with Crippen molar-refractivity contribution in [2.45, 2.75) is 26.2 Å². The van der Waals surface area contributed by atoms with Crippen LogP contribution < -0.4 is 10.2 Å². The van der Waals surface area contributed by atoms with Gasteiger partial charge in [-0.1, -0.05) is 6.07 Å². The van der Waals surface area contributed by atoms with Gasteiger partial charge in [0.25, 0.3) is 0 Å². The summed E-state index contributed by atoms with van der Waals surface area (Å²) in [5, 5.41) is 2.69. The minimum absolute atomic E-state index is 0.0648. The van der Waals surface area contributed by atoms with E-state index in [1.54, 1.807) is 12.1 Å². The van der Waals surface area contributed by atoms with Crippen molar-refractivity contribution in [1.82, 2.24) is 0 Å². The van der Waals surface area contributed by atoms with Crippen molar-refractivity contribution in [3.05, 3.63) is 30.1 Å². The van der Waals surface area contributed by atoms with Gasteiger partial charge in [-0.3, -0.25) is 9.59 Å². The Morgan fingerprint density at radius 1 is 1.43 bits per heavy atom. The number of halogens is 1. The monoisotopic (exact) mass is 323 g/mol. The number of ether oxygens (including phenoxy) is 1. The van der Waals surface area contributed by atoms with E-state index in [9.17, 15) is 14.0 Å². The lowest BCUT2D eigenvalue weighted by molar-refractivity contribution is -0.906. The van der Waals surface area contributed by atoms with Crippen LogP contribution in [0, 0.1) is 11.7 Å². The number of hydrogen-bond donors (Lipinski definition) is 2. The molecule has 0 aromatic heterocycles. The van der Waals surface area contributed by atoms with Gasteiger partial charge in [0.05, 0.1) is 32.7 Å². The van der Waals surface area contributed by atoms with E-state index in [-0.39, 0.29) is 23.6 Å². The summed E-state index contributed by atoms with van der Waals surface area (Å²) < 4.78 is 18.2. The number of amides is 1. The Hall–Kier alpha value is -1.95. The smallest absolute Gasteiger partial charge is 0.314 e. The summed E-state index contributed by atoms with van der Waals surface area (Å²) in [6, 6.07) is 5.85. The standard InChI is InChI=1S/C17H23FN2O3/c1-2-23-17(22)13-5-4-9-20(12-13)10-8-16(21)19-15-7-3-6-14(18)11-15/h3,6-7,11,13H,2,4-5,8-10,12H2,1H3,(H,19,21)/p+1/t13-/m1/s1. The molecule has 0 aliphatic carbocycles. The van der Waals surface area contributed by atoms with Crippen molar-refractivity contribution in [3.8, 4) is 0 Å². The van der Waals surface area contributed by atoms with Gasteiger partial charge in [0.1, 0.15) is 11.7 Å². The first-order chi connectivity index (χ1) is 11.1. The van der Waals surface area contributed by atoms with Crippen molar-refractivity contribution in [1.29, 1.82) is 0 Å². The fraction of sp³-hybridized carbons (Fsp3) is 0.529. The van der Waals surface area contributed by atoms with E-state index < -0.39 is 0 Å². The van der Waals surface area contributed by atoms with E-state index >= 15 is 0 Å². The third kappa shape index (κ3) is 5.63. The Morgan fingerprint density at radius 2 is 2.26 bits per heavy atom. The molecule has 23 heavy (non-hydrogen) atoms. The molecule has 1 saturated heterocycles. The molecule has 1 heterocycles. The van der Waals surface area contributed by atoms with Gasteiger partial charge in [-0.2, -0.15) is 0 Å². The molecule has 6 heteroatoms. The normalized spacial score (nSPS) is 20.8. The molecule has 0 spiro atoms. The van der Waals surface area contributed by atoms with Crippen molar-refractivity contribution in [2.75, 3.05) is 31.6 Å². The molecule has 2 rings (SSSR count). The van der Waals surface area contributed by atoms with Crippen LogP contribution in [0.15, 0.2) is 24.3 Å². The summed E-state index contributed by atoms with van der Waals surface area (Å²) in [4.78, 5) is 25.0. The number of carbonyl (C=O) groups is 2. The van der Waals surface area contributed by atoms with Gasteiger partial charge < -0.3 is 15.0 Å². The first-order valence-corrected chi connectivity index (χ1v) is 8.14. The van der Waals surface area contributed by atoms with E-state index in [4.69, 9.17) is 4.74 Å². The van der Waals surface area contributed by atoms with Gasteiger partial charge in [0.2, 0.25) is 5.91 Å². The second-order valence-electron chi connectivity index (χ2n) is 5.85. The largest absolute Gasteiger partial charge is 0.466 e. The van der Waals surface area contributed by atoms with Crippen molar-refractivity contribution < 1.29 is 23.6 Å². The van der Waals surface area contributed by atoms with Gasteiger partial charge in [-0.15, -0.1) is 0 Å². The predicted molar refractivity (Wildman–Crippen MR) is 84.6 cm³/mol. The molecule has 1 aliphatic heterocycles. The minimum atomic E-state index is -0.373. The number of esters is 1. The van der Waals surface area contributed by atoms with Crippen LogP contribution in [0.3, 0.4) is 0 Å². The van der Waals surface area contributed by atoms with E-state index in [1.807, 2.05) is 6.92 Å². The summed E-state index contributed by atoms with van der Waals surface area (Å²) in [5.74, 6) is -0.706. The fourth-order valence-corrected chi connectivity index (χ4v) is 2.92. The Balaban J connectivity index is 1.76. The molecule has 0 bridgehead atoms. The minimum Gasteiger partial charge on any atom is -0.466 e. The average molecular weight is 323 g/mol. The van der Waals surface area contributed by atoms with Gasteiger partial charge in [-0.25, -0.2) is 4.39 Å². The fourth-order valence-electron chi connectivity index (χ4n) is 2.92. The van der Waals surface area contributed by atoms with Crippen LogP contribution in [-0.2, 0) is 14.3 Å². The molecule has 1 aromatic rings. The molecule has 1 unspecified atom stereocenters. The first-order valence-electron chi connectivity index (χ1n) is 8.14. The maximum absolute atomic E-state index is 13.1. The zero-order valence-electron chi connectivity index (χ0n) is 13.4. The molecule has 5 nitrogen and oxygen atoms in total. The third-order valence-corrected chi connectivity index (χ3v) is 4.05. The molecule has 126 valence electrons. The molecule has 1 aromatic carbocycles. The molecule has 0 radical (unpaired) electrons. The summed E-state index contributed by atoms with van der Waals surface area (Å²) in [5.41, 5.74) is 0.466. The zero-order valence-corrected chi connectivity index (χ0v) is 13.4. The Morgan fingerprint density at radius 3 is 3.00 bits per heavy atom. The maximum Gasteiger partial charge on any atom is 0.314 e. The van der Waals surface area contributed by atoms with Crippen LogP contribution in [0.2, 0.25) is 0 Å². The highest BCUT2D eigenvalue weighted by Gasteiger charge is 2.29. The lowest BCUT2D eigenvalue weighted by atomic mass is 9.98. The molecule has 1 fully saturated rings. The molecular weight excluding hydrogens is 299 g/mol. The highest BCUT2D eigenvalue weighted by molar-refractivity contribution is 5.90. The number of likely N-dealkylation sites (tertiary alicyclic amines) is 1. The van der Waals surface area contributed by atoms with Crippen LogP contribution in [0.1, 0.15) is 26.2 Å². The number of benzene rings is 1. The first kappa shape index (κ1) is 17.4. The van der Waals surface area contributed by atoms with Crippen molar-refractivity contribution >= 4 is 17.6 Å². The van der Waals surface area contributed by atoms with E-state index in [0.29, 0.717) is 31.8 Å². The third-order valence-electron chi connectivity index (χ3n) is 4.05. The van der Waals surface area contributed by atoms with Crippen molar-refractivity contribution in [3.63, 3.8) is 0 Å². The van der Waals surface area contributed by atoms with E-state index in [2.05, 4.69) is 5.32 Å². The van der Waals surface area contributed by atoms with Crippen LogP contribution in [0.5, 0.6) is 0 Å². The number of nitrogens with one attached hydrogen (secondary N) is 2. The SMILES string of the molecule is CCOC(=O)[C@@H]1CCC[NH+](CCC(=O)Nc2cccc(F)c2)C1. The van der Waals surface area contributed by atoms with Crippen LogP contribution in [0.25, 0.3) is 0 Å². The van der Waals surface area contributed by atoms with Crippen LogP contribution in [0.4, 0.5) is 10.1 Å². The number of rotatable bonds is 6. The lowest BCUT2D eigenvalue weighted by Crippen LogP contribution is -3.13. The van der Waals surface area contributed by atoms with E-state index in [1.165, 1.54) is 17.0 Å². The zero-order chi connectivity index (χ0) is 16.7. The Bertz CT molecular complexity index is 550. The molecule has 1 amide bonds. The highest BCUT2D eigenvalue weighted by Crippen LogP contribution is 2.10. The van der Waals surface area contributed by atoms with Crippen LogP contribution >= 0.6 is 0 Å². The number of carbonyl (C=O) groups excluding carboxylic acids is 2. The summed E-state index contributed by atoms with van der Waals surface area (Å²) in [7, 11) is 0. The van der Waals surface area contributed by atoms with E-state index in [0.717, 1.165) is 19.4 Å². The van der Waals surface area contributed by atoms with Gasteiger partial charge in [0.15, 0.2) is 0 Å². The lowest BCUT2D eigenvalue weighted by Gasteiger charge is -2.28. The van der Waals surface area contributed by atoms with Gasteiger partial charge in [0, 0.05) is 5.69 Å². The predicted octanol–water partition coefficient (Wildman–Crippen LogP) is 1.01. The number of hydrogen-bond acceptors (Lipinski definition) is 3. The number of anilines is 1.